The number of aliphatic carboxylic acids is 2. The van der Waals surface area contributed by atoms with Crippen molar-refractivity contribution in [1.82, 2.24) is 16.0 Å². The van der Waals surface area contributed by atoms with Gasteiger partial charge in [-0.15, -0.1) is 0 Å². The molecule has 0 aromatic rings. The standard InChI is InChI=1S/C19H34N4O8S/c1-4-10(2)15(23-16(27)11(20)5-6-14(25)26)18(29)22-13(9-24)17(28)21-12(19(30)31)7-8-32-3/h10-13,15,24H,4-9,20H2,1-3H3,(H,21,28)(H,22,29)(H,23,27)(H,25,26)(H,30,31). The zero-order chi connectivity index (χ0) is 24.8. The molecule has 5 atom stereocenters. The van der Waals surface area contributed by atoms with E-state index in [-0.39, 0.29) is 25.2 Å². The number of carbonyl (C=O) groups excluding carboxylic acids is 3. The molecule has 0 aromatic carbocycles. The molecule has 0 rings (SSSR count). The molecule has 3 amide bonds. The number of nitrogens with one attached hydrogen (secondary N) is 3. The first-order valence-corrected chi connectivity index (χ1v) is 11.6. The second kappa shape index (κ2) is 15.4. The Bertz CT molecular complexity index is 663. The minimum atomic E-state index is -1.43. The summed E-state index contributed by atoms with van der Waals surface area (Å²) in [6.45, 7) is 2.68. The first kappa shape index (κ1) is 29.6. The summed E-state index contributed by atoms with van der Waals surface area (Å²) in [4.78, 5) is 59.4. The number of hydrogen-bond acceptors (Lipinski definition) is 8. The van der Waals surface area contributed by atoms with E-state index < -0.39 is 60.4 Å². The fourth-order valence-corrected chi connectivity index (χ4v) is 3.06. The van der Waals surface area contributed by atoms with Gasteiger partial charge in [-0.25, -0.2) is 4.79 Å². The Morgan fingerprint density at radius 3 is 2.00 bits per heavy atom. The number of aliphatic hydroxyl groups is 1. The molecule has 0 aromatic heterocycles. The molecule has 0 saturated carbocycles. The van der Waals surface area contributed by atoms with Crippen LogP contribution in [0, 0.1) is 5.92 Å². The van der Waals surface area contributed by atoms with E-state index in [2.05, 4.69) is 16.0 Å². The summed E-state index contributed by atoms with van der Waals surface area (Å²) in [5.41, 5.74) is 5.69. The first-order chi connectivity index (χ1) is 15.0. The molecule has 8 N–H and O–H groups in total. The molecule has 0 aliphatic carbocycles. The summed E-state index contributed by atoms with van der Waals surface area (Å²) in [6.07, 6.45) is 1.99. The SMILES string of the molecule is CCC(C)C(NC(=O)C(N)CCC(=O)O)C(=O)NC(CO)C(=O)NC(CCSC)C(=O)O. The van der Waals surface area contributed by atoms with Gasteiger partial charge in [-0.05, 0) is 30.8 Å². The molecule has 32 heavy (non-hydrogen) atoms. The number of carbonyl (C=O) groups is 5. The molecule has 0 aliphatic rings. The minimum absolute atomic E-state index is 0.121. The van der Waals surface area contributed by atoms with Crippen LogP contribution in [0.1, 0.15) is 39.5 Å². The number of hydrogen-bond donors (Lipinski definition) is 7. The van der Waals surface area contributed by atoms with E-state index in [0.29, 0.717) is 12.2 Å². The maximum atomic E-state index is 12.8. The molecular formula is C19H34N4O8S. The number of amides is 3. The molecule has 0 aliphatic heterocycles. The van der Waals surface area contributed by atoms with Gasteiger partial charge in [0.05, 0.1) is 12.6 Å². The lowest BCUT2D eigenvalue weighted by Gasteiger charge is -2.27. The zero-order valence-electron chi connectivity index (χ0n) is 18.5. The monoisotopic (exact) mass is 478 g/mol. The number of nitrogens with two attached hydrogens (primary N) is 1. The largest absolute Gasteiger partial charge is 0.481 e. The quantitative estimate of drug-likeness (QED) is 0.137. The van der Waals surface area contributed by atoms with Gasteiger partial charge in [-0.1, -0.05) is 20.3 Å². The molecule has 0 heterocycles. The smallest absolute Gasteiger partial charge is 0.326 e. The summed E-state index contributed by atoms with van der Waals surface area (Å²) in [6, 6.07) is -4.85. The third-order valence-electron chi connectivity index (χ3n) is 4.84. The normalized spacial score (nSPS) is 15.5. The highest BCUT2D eigenvalue weighted by molar-refractivity contribution is 7.98. The number of carboxylic acids is 2. The molecular weight excluding hydrogens is 444 g/mol. The topological polar surface area (TPSA) is 208 Å². The molecule has 0 fully saturated rings. The lowest BCUT2D eigenvalue weighted by Crippen LogP contribution is -2.59. The van der Waals surface area contributed by atoms with Crippen LogP contribution in [0.3, 0.4) is 0 Å². The van der Waals surface area contributed by atoms with Crippen LogP contribution in [0.2, 0.25) is 0 Å². The summed E-state index contributed by atoms with van der Waals surface area (Å²) < 4.78 is 0. The molecule has 184 valence electrons. The van der Waals surface area contributed by atoms with Crippen LogP contribution in [-0.2, 0) is 24.0 Å². The summed E-state index contributed by atoms with van der Waals surface area (Å²) in [7, 11) is 0. The van der Waals surface area contributed by atoms with Gasteiger partial charge in [0.2, 0.25) is 17.7 Å². The predicted octanol–water partition coefficient (Wildman–Crippen LogP) is -1.49. The third kappa shape index (κ3) is 10.8. The zero-order valence-corrected chi connectivity index (χ0v) is 19.3. The summed E-state index contributed by atoms with van der Waals surface area (Å²) >= 11 is 1.40. The summed E-state index contributed by atoms with van der Waals surface area (Å²) in [5, 5.41) is 34.6. The Morgan fingerprint density at radius 2 is 1.53 bits per heavy atom. The molecule has 0 spiro atoms. The molecule has 0 radical (unpaired) electrons. The van der Waals surface area contributed by atoms with Crippen LogP contribution in [0.25, 0.3) is 0 Å². The predicted molar refractivity (Wildman–Crippen MR) is 118 cm³/mol. The van der Waals surface area contributed by atoms with Gasteiger partial charge in [0.25, 0.3) is 0 Å². The van der Waals surface area contributed by atoms with Crippen molar-refractivity contribution in [3.63, 3.8) is 0 Å². The van der Waals surface area contributed by atoms with E-state index in [9.17, 15) is 34.2 Å². The second-order valence-corrected chi connectivity index (χ2v) is 8.32. The maximum Gasteiger partial charge on any atom is 0.326 e. The highest BCUT2D eigenvalue weighted by Crippen LogP contribution is 2.10. The van der Waals surface area contributed by atoms with Crippen molar-refractivity contribution < 1.29 is 39.3 Å². The third-order valence-corrected chi connectivity index (χ3v) is 5.48. The summed E-state index contributed by atoms with van der Waals surface area (Å²) in [5.74, 6) is -4.60. The van der Waals surface area contributed by atoms with Crippen LogP contribution >= 0.6 is 11.8 Å². The van der Waals surface area contributed by atoms with Gasteiger partial charge in [0.15, 0.2) is 0 Å². The van der Waals surface area contributed by atoms with Crippen molar-refractivity contribution in [1.29, 1.82) is 0 Å². The lowest BCUT2D eigenvalue weighted by molar-refractivity contribution is -0.142. The van der Waals surface area contributed by atoms with Gasteiger partial charge in [-0.3, -0.25) is 19.2 Å². The van der Waals surface area contributed by atoms with Crippen molar-refractivity contribution in [2.24, 2.45) is 11.7 Å². The maximum absolute atomic E-state index is 12.8. The van der Waals surface area contributed by atoms with Crippen LogP contribution in [0.15, 0.2) is 0 Å². The van der Waals surface area contributed by atoms with E-state index in [1.807, 2.05) is 0 Å². The molecule has 5 unspecified atom stereocenters. The van der Waals surface area contributed by atoms with E-state index in [1.54, 1.807) is 20.1 Å². The fraction of sp³-hybridized carbons (Fsp3) is 0.737. The van der Waals surface area contributed by atoms with E-state index >= 15 is 0 Å². The average Bonchev–Trinajstić information content (AvgIpc) is 2.75. The van der Waals surface area contributed by atoms with Crippen molar-refractivity contribution >= 4 is 41.4 Å². The van der Waals surface area contributed by atoms with Crippen molar-refractivity contribution in [3.05, 3.63) is 0 Å². The highest BCUT2D eigenvalue weighted by Gasteiger charge is 2.32. The number of thioether (sulfide) groups is 1. The van der Waals surface area contributed by atoms with Crippen LogP contribution < -0.4 is 21.7 Å². The Morgan fingerprint density at radius 1 is 0.938 bits per heavy atom. The highest BCUT2D eigenvalue weighted by atomic mass is 32.2. The van der Waals surface area contributed by atoms with Gasteiger partial charge >= 0.3 is 11.9 Å². The van der Waals surface area contributed by atoms with Crippen molar-refractivity contribution in [2.75, 3.05) is 18.6 Å². The van der Waals surface area contributed by atoms with E-state index in [1.165, 1.54) is 11.8 Å². The molecule has 12 nitrogen and oxygen atoms in total. The molecule has 13 heteroatoms. The lowest BCUT2D eigenvalue weighted by atomic mass is 9.97. The van der Waals surface area contributed by atoms with Crippen molar-refractivity contribution in [3.8, 4) is 0 Å². The average molecular weight is 479 g/mol. The van der Waals surface area contributed by atoms with Gasteiger partial charge in [0.1, 0.15) is 18.1 Å². The van der Waals surface area contributed by atoms with E-state index in [0.717, 1.165) is 0 Å². The fourth-order valence-electron chi connectivity index (χ4n) is 2.59. The molecule has 0 bridgehead atoms. The number of aliphatic hydroxyl groups excluding tert-OH is 1. The van der Waals surface area contributed by atoms with Gasteiger partial charge in [0, 0.05) is 6.42 Å². The van der Waals surface area contributed by atoms with Gasteiger partial charge in [-0.2, -0.15) is 11.8 Å². The van der Waals surface area contributed by atoms with Crippen LogP contribution in [-0.4, -0.2) is 87.8 Å². The number of carboxylic acid groups (broad SMARTS) is 2. The molecule has 0 saturated heterocycles. The Kier molecular flexibility index (Phi) is 14.3. The first-order valence-electron chi connectivity index (χ1n) is 10.2. The van der Waals surface area contributed by atoms with Crippen LogP contribution in [0.5, 0.6) is 0 Å². The van der Waals surface area contributed by atoms with Gasteiger partial charge < -0.3 is 37.0 Å². The van der Waals surface area contributed by atoms with Crippen LogP contribution in [0.4, 0.5) is 0 Å². The Balaban J connectivity index is 5.23. The minimum Gasteiger partial charge on any atom is -0.481 e. The van der Waals surface area contributed by atoms with E-state index in [4.69, 9.17) is 10.8 Å². The second-order valence-electron chi connectivity index (χ2n) is 7.34. The Labute approximate surface area is 191 Å². The number of rotatable bonds is 16. The Hall–Kier alpha value is -2.38. The van der Waals surface area contributed by atoms with Crippen molar-refractivity contribution in [2.45, 2.75) is 63.7 Å².